The first kappa shape index (κ1) is 12.9. The summed E-state index contributed by atoms with van der Waals surface area (Å²) >= 11 is 0. The first-order chi connectivity index (χ1) is 8.90. The Labute approximate surface area is 107 Å². The molecule has 1 amide bonds. The van der Waals surface area contributed by atoms with Crippen LogP contribution in [0.25, 0.3) is 0 Å². The van der Waals surface area contributed by atoms with E-state index in [0.29, 0.717) is 0 Å². The molecule has 0 saturated carbocycles. The molecule has 0 aliphatic carbocycles. The Morgan fingerprint density at radius 1 is 1.26 bits per heavy atom. The molecule has 0 spiro atoms. The SMILES string of the molecule is O=C(O)c1cc(N2CC(C(=O)O)CC2=O)ccc1O. The zero-order chi connectivity index (χ0) is 14.2. The van der Waals surface area contributed by atoms with Gasteiger partial charge in [-0.05, 0) is 18.2 Å². The predicted octanol–water partition coefficient (Wildman–Crippen LogP) is 0.528. The summed E-state index contributed by atoms with van der Waals surface area (Å²) in [6.07, 6.45) is -0.112. The van der Waals surface area contributed by atoms with E-state index in [-0.39, 0.29) is 30.1 Å². The first-order valence-corrected chi connectivity index (χ1v) is 5.49. The van der Waals surface area contributed by atoms with Crippen LogP contribution in [0.4, 0.5) is 5.69 Å². The second kappa shape index (κ2) is 4.60. The Balaban J connectivity index is 2.33. The lowest BCUT2D eigenvalue weighted by molar-refractivity contribution is -0.141. The summed E-state index contributed by atoms with van der Waals surface area (Å²) in [6, 6.07) is 3.70. The Morgan fingerprint density at radius 2 is 1.95 bits per heavy atom. The highest BCUT2D eigenvalue weighted by Crippen LogP contribution is 2.29. The smallest absolute Gasteiger partial charge is 0.339 e. The highest BCUT2D eigenvalue weighted by Gasteiger charge is 2.35. The number of aromatic carboxylic acids is 1. The molecule has 1 saturated heterocycles. The van der Waals surface area contributed by atoms with E-state index >= 15 is 0 Å². The molecule has 1 heterocycles. The summed E-state index contributed by atoms with van der Waals surface area (Å²) in [4.78, 5) is 34.6. The number of carboxylic acids is 2. The van der Waals surface area contributed by atoms with Crippen molar-refractivity contribution in [2.75, 3.05) is 11.4 Å². The second-order valence-electron chi connectivity index (χ2n) is 4.25. The van der Waals surface area contributed by atoms with E-state index in [1.807, 2.05) is 0 Å². The molecular formula is C12H11NO6. The van der Waals surface area contributed by atoms with Crippen LogP contribution in [0, 0.1) is 5.92 Å². The molecule has 3 N–H and O–H groups in total. The molecule has 7 heteroatoms. The molecule has 1 fully saturated rings. The predicted molar refractivity (Wildman–Crippen MR) is 63.2 cm³/mol. The normalized spacial score (nSPS) is 18.6. The van der Waals surface area contributed by atoms with Gasteiger partial charge in [-0.2, -0.15) is 0 Å². The minimum absolute atomic E-state index is 0.00198. The maximum atomic E-state index is 11.7. The minimum Gasteiger partial charge on any atom is -0.507 e. The number of carboxylic acid groups (broad SMARTS) is 2. The lowest BCUT2D eigenvalue weighted by Gasteiger charge is -2.16. The maximum Gasteiger partial charge on any atom is 0.339 e. The van der Waals surface area contributed by atoms with Gasteiger partial charge < -0.3 is 20.2 Å². The fraction of sp³-hybridized carbons (Fsp3) is 0.250. The van der Waals surface area contributed by atoms with Gasteiger partial charge in [0.15, 0.2) is 0 Å². The second-order valence-corrected chi connectivity index (χ2v) is 4.25. The van der Waals surface area contributed by atoms with Crippen molar-refractivity contribution in [3.63, 3.8) is 0 Å². The minimum atomic E-state index is -1.32. The van der Waals surface area contributed by atoms with E-state index in [9.17, 15) is 19.5 Å². The van der Waals surface area contributed by atoms with Crippen molar-refractivity contribution in [2.45, 2.75) is 6.42 Å². The molecule has 1 aromatic carbocycles. The van der Waals surface area contributed by atoms with Gasteiger partial charge in [-0.3, -0.25) is 9.59 Å². The van der Waals surface area contributed by atoms with Crippen molar-refractivity contribution in [3.8, 4) is 5.75 Å². The Morgan fingerprint density at radius 3 is 2.47 bits per heavy atom. The van der Waals surface area contributed by atoms with Gasteiger partial charge in [0.05, 0.1) is 5.92 Å². The van der Waals surface area contributed by atoms with Crippen LogP contribution in [0.3, 0.4) is 0 Å². The number of amides is 1. The zero-order valence-corrected chi connectivity index (χ0v) is 9.74. The third kappa shape index (κ3) is 2.35. The quantitative estimate of drug-likeness (QED) is 0.734. The van der Waals surface area contributed by atoms with Gasteiger partial charge in [0.1, 0.15) is 11.3 Å². The summed E-state index contributed by atoms with van der Waals surface area (Å²) in [5, 5.41) is 27.1. The zero-order valence-electron chi connectivity index (χ0n) is 9.74. The van der Waals surface area contributed by atoms with Gasteiger partial charge in [0, 0.05) is 18.7 Å². The Bertz CT molecular complexity index is 567. The molecule has 0 aromatic heterocycles. The van der Waals surface area contributed by atoms with E-state index < -0.39 is 23.6 Å². The number of carbonyl (C=O) groups excluding carboxylic acids is 1. The number of hydrogen-bond donors (Lipinski definition) is 3. The molecule has 2 rings (SSSR count). The van der Waals surface area contributed by atoms with Crippen LogP contribution < -0.4 is 4.90 Å². The fourth-order valence-corrected chi connectivity index (χ4v) is 1.99. The van der Waals surface area contributed by atoms with Crippen LogP contribution in [0.2, 0.25) is 0 Å². The number of hydrogen-bond acceptors (Lipinski definition) is 4. The van der Waals surface area contributed by atoms with Gasteiger partial charge in [0.2, 0.25) is 5.91 Å². The first-order valence-electron chi connectivity index (χ1n) is 5.49. The number of nitrogens with zero attached hydrogens (tertiary/aromatic N) is 1. The largest absolute Gasteiger partial charge is 0.507 e. The summed E-state index contributed by atoms with van der Waals surface area (Å²) in [6.45, 7) is -0.00198. The molecule has 0 bridgehead atoms. The lowest BCUT2D eigenvalue weighted by Crippen LogP contribution is -2.25. The van der Waals surface area contributed by atoms with Crippen LogP contribution in [0.1, 0.15) is 16.8 Å². The van der Waals surface area contributed by atoms with E-state index in [2.05, 4.69) is 0 Å². The Hall–Kier alpha value is -2.57. The van der Waals surface area contributed by atoms with Crippen LogP contribution in [0.15, 0.2) is 18.2 Å². The molecule has 1 unspecified atom stereocenters. The van der Waals surface area contributed by atoms with E-state index in [1.54, 1.807) is 0 Å². The van der Waals surface area contributed by atoms with Crippen molar-refractivity contribution in [1.82, 2.24) is 0 Å². The maximum absolute atomic E-state index is 11.7. The van der Waals surface area contributed by atoms with Crippen molar-refractivity contribution in [1.29, 1.82) is 0 Å². The molecule has 100 valence electrons. The van der Waals surface area contributed by atoms with E-state index in [1.165, 1.54) is 17.0 Å². The van der Waals surface area contributed by atoms with Gasteiger partial charge in [0.25, 0.3) is 0 Å². The number of benzene rings is 1. The molecule has 1 atom stereocenters. The average Bonchev–Trinajstić information content (AvgIpc) is 2.72. The van der Waals surface area contributed by atoms with Crippen molar-refractivity contribution < 1.29 is 29.7 Å². The van der Waals surface area contributed by atoms with Crippen molar-refractivity contribution >= 4 is 23.5 Å². The van der Waals surface area contributed by atoms with Crippen LogP contribution in [-0.2, 0) is 9.59 Å². The number of aliphatic carboxylic acids is 1. The van der Waals surface area contributed by atoms with Gasteiger partial charge in [-0.25, -0.2) is 4.79 Å². The topological polar surface area (TPSA) is 115 Å². The van der Waals surface area contributed by atoms with Crippen molar-refractivity contribution in [3.05, 3.63) is 23.8 Å². The van der Waals surface area contributed by atoms with E-state index in [0.717, 1.165) is 6.07 Å². The highest BCUT2D eigenvalue weighted by molar-refractivity contribution is 6.00. The van der Waals surface area contributed by atoms with Crippen LogP contribution in [0.5, 0.6) is 5.75 Å². The lowest BCUT2D eigenvalue weighted by atomic mass is 10.1. The van der Waals surface area contributed by atoms with E-state index in [4.69, 9.17) is 10.2 Å². The summed E-state index contributed by atoms with van der Waals surface area (Å²) < 4.78 is 0. The number of phenols is 1. The molecule has 7 nitrogen and oxygen atoms in total. The number of rotatable bonds is 3. The van der Waals surface area contributed by atoms with Gasteiger partial charge in [-0.15, -0.1) is 0 Å². The highest BCUT2D eigenvalue weighted by atomic mass is 16.4. The third-order valence-corrected chi connectivity index (χ3v) is 3.00. The molecule has 1 aromatic rings. The third-order valence-electron chi connectivity index (χ3n) is 3.00. The molecule has 0 radical (unpaired) electrons. The summed E-state index contributed by atoms with van der Waals surface area (Å²) in [7, 11) is 0. The monoisotopic (exact) mass is 265 g/mol. The summed E-state index contributed by atoms with van der Waals surface area (Å²) in [5.74, 6) is -3.96. The van der Waals surface area contributed by atoms with Crippen LogP contribution in [-0.4, -0.2) is 39.7 Å². The molecule has 19 heavy (non-hydrogen) atoms. The van der Waals surface area contributed by atoms with Crippen LogP contribution >= 0.6 is 0 Å². The number of carbonyl (C=O) groups is 3. The Kier molecular flexibility index (Phi) is 3.12. The molecule has 1 aliphatic heterocycles. The number of aromatic hydroxyl groups is 1. The standard InChI is InChI=1S/C12H11NO6/c14-9-2-1-7(4-8(9)12(18)19)13-5-6(11(16)17)3-10(13)15/h1-2,4,6,14H,3,5H2,(H,16,17)(H,18,19). The van der Waals surface area contributed by atoms with Gasteiger partial charge >= 0.3 is 11.9 Å². The summed E-state index contributed by atoms with van der Waals surface area (Å²) in [5.41, 5.74) is -0.0620. The average molecular weight is 265 g/mol. The van der Waals surface area contributed by atoms with Gasteiger partial charge in [-0.1, -0.05) is 0 Å². The molecule has 1 aliphatic rings. The van der Waals surface area contributed by atoms with Crippen molar-refractivity contribution in [2.24, 2.45) is 5.92 Å². The number of anilines is 1. The molecular weight excluding hydrogens is 254 g/mol. The fourth-order valence-electron chi connectivity index (χ4n) is 1.99.